The van der Waals surface area contributed by atoms with Crippen LogP contribution >= 0.6 is 0 Å². The molecule has 0 aromatic carbocycles. The molecule has 118 valence electrons. The number of ether oxygens (including phenoxy) is 1. The molecule has 6 heteroatoms. The molecule has 1 fully saturated rings. The van der Waals surface area contributed by atoms with Gasteiger partial charge in [-0.15, -0.1) is 0 Å². The Morgan fingerprint density at radius 2 is 2.19 bits per heavy atom. The highest BCUT2D eigenvalue weighted by atomic mass is 16.5. The van der Waals surface area contributed by atoms with Crippen LogP contribution in [-0.4, -0.2) is 60.7 Å². The van der Waals surface area contributed by atoms with Gasteiger partial charge in [0.25, 0.3) is 0 Å². The summed E-state index contributed by atoms with van der Waals surface area (Å²) in [4.78, 5) is 13.6. The van der Waals surface area contributed by atoms with Gasteiger partial charge in [0.1, 0.15) is 0 Å². The predicted octanol–water partition coefficient (Wildman–Crippen LogP) is 1.13. The molecule has 0 radical (unpaired) electrons. The Bertz CT molecular complexity index is 415. The predicted molar refractivity (Wildman–Crippen MR) is 84.8 cm³/mol. The Hall–Kier alpha value is -1.40. The molecule has 0 atom stereocenters. The van der Waals surface area contributed by atoms with Crippen molar-refractivity contribution >= 4 is 5.95 Å². The number of hydrogen-bond donors (Lipinski definition) is 1. The maximum Gasteiger partial charge on any atom is 0.228 e. The van der Waals surface area contributed by atoms with Crippen LogP contribution in [0.1, 0.15) is 26.2 Å². The first-order valence-electron chi connectivity index (χ1n) is 7.96. The smallest absolute Gasteiger partial charge is 0.228 e. The first kappa shape index (κ1) is 16.0. The average molecular weight is 293 g/mol. The van der Waals surface area contributed by atoms with Gasteiger partial charge in [0.2, 0.25) is 11.8 Å². The normalized spacial score (nSPS) is 16.8. The number of nitrogens with two attached hydrogens (primary N) is 1. The summed E-state index contributed by atoms with van der Waals surface area (Å²) in [6.07, 6.45) is 4.97. The lowest BCUT2D eigenvalue weighted by Crippen LogP contribution is -2.32. The molecule has 21 heavy (non-hydrogen) atoms. The minimum absolute atomic E-state index is 0.672. The summed E-state index contributed by atoms with van der Waals surface area (Å²) in [5.74, 6) is 1.45. The number of rotatable bonds is 7. The summed E-state index contributed by atoms with van der Waals surface area (Å²) in [7, 11) is 0. The molecule has 2 heterocycles. The number of anilines is 1. The van der Waals surface area contributed by atoms with E-state index in [9.17, 15) is 0 Å². The quantitative estimate of drug-likeness (QED) is 0.813. The second-order valence-corrected chi connectivity index (χ2v) is 5.37. The van der Waals surface area contributed by atoms with E-state index in [1.54, 1.807) is 6.20 Å². The largest absolute Gasteiger partial charge is 0.478 e. The molecule has 2 rings (SSSR count). The van der Waals surface area contributed by atoms with Gasteiger partial charge in [-0.1, -0.05) is 6.92 Å². The van der Waals surface area contributed by atoms with Crippen molar-refractivity contribution in [3.05, 3.63) is 12.3 Å². The molecule has 2 N–H and O–H groups in total. The van der Waals surface area contributed by atoms with E-state index in [4.69, 9.17) is 10.5 Å². The summed E-state index contributed by atoms with van der Waals surface area (Å²) in [6.45, 7) is 8.77. The third-order valence-corrected chi connectivity index (χ3v) is 3.62. The van der Waals surface area contributed by atoms with Crippen LogP contribution in [0.15, 0.2) is 12.3 Å². The summed E-state index contributed by atoms with van der Waals surface area (Å²) < 4.78 is 5.59. The van der Waals surface area contributed by atoms with Crippen LogP contribution in [0, 0.1) is 0 Å². The van der Waals surface area contributed by atoms with Gasteiger partial charge in [0, 0.05) is 31.9 Å². The van der Waals surface area contributed by atoms with Crippen LogP contribution in [0.4, 0.5) is 5.95 Å². The molecule has 0 aliphatic carbocycles. The highest BCUT2D eigenvalue weighted by Crippen LogP contribution is 2.15. The van der Waals surface area contributed by atoms with Crippen molar-refractivity contribution in [3.8, 4) is 5.88 Å². The van der Waals surface area contributed by atoms with Gasteiger partial charge < -0.3 is 20.3 Å². The lowest BCUT2D eigenvalue weighted by atomic mass is 10.3. The van der Waals surface area contributed by atoms with E-state index in [2.05, 4.69) is 26.7 Å². The fourth-order valence-electron chi connectivity index (χ4n) is 2.48. The van der Waals surface area contributed by atoms with E-state index >= 15 is 0 Å². The zero-order valence-electron chi connectivity index (χ0n) is 13.0. The van der Waals surface area contributed by atoms with Gasteiger partial charge in [-0.05, 0) is 38.9 Å². The average Bonchev–Trinajstić information content (AvgIpc) is 2.77. The maximum atomic E-state index is 5.59. The van der Waals surface area contributed by atoms with Crippen LogP contribution in [0.2, 0.25) is 0 Å². The van der Waals surface area contributed by atoms with Crippen molar-refractivity contribution in [2.24, 2.45) is 5.73 Å². The van der Waals surface area contributed by atoms with Crippen molar-refractivity contribution in [3.63, 3.8) is 0 Å². The molecule has 6 nitrogen and oxygen atoms in total. The molecule has 1 aromatic rings. The second-order valence-electron chi connectivity index (χ2n) is 5.37. The van der Waals surface area contributed by atoms with Gasteiger partial charge in [0.15, 0.2) is 0 Å². The fraction of sp³-hybridized carbons (Fsp3) is 0.733. The molecular formula is C15H27N5O. The molecule has 0 amide bonds. The maximum absolute atomic E-state index is 5.59. The van der Waals surface area contributed by atoms with Gasteiger partial charge in [-0.25, -0.2) is 4.98 Å². The molecule has 0 unspecified atom stereocenters. The summed E-state index contributed by atoms with van der Waals surface area (Å²) in [5.41, 5.74) is 5.59. The van der Waals surface area contributed by atoms with Crippen molar-refractivity contribution in [2.75, 3.05) is 50.8 Å². The fourth-order valence-corrected chi connectivity index (χ4v) is 2.48. The van der Waals surface area contributed by atoms with Crippen LogP contribution in [0.25, 0.3) is 0 Å². The highest BCUT2D eigenvalue weighted by molar-refractivity contribution is 5.32. The van der Waals surface area contributed by atoms with Gasteiger partial charge in [-0.2, -0.15) is 4.98 Å². The topological polar surface area (TPSA) is 67.5 Å². The Balaban J connectivity index is 1.92. The van der Waals surface area contributed by atoms with E-state index in [1.165, 1.54) is 0 Å². The van der Waals surface area contributed by atoms with Crippen molar-refractivity contribution in [1.29, 1.82) is 0 Å². The Morgan fingerprint density at radius 1 is 1.29 bits per heavy atom. The van der Waals surface area contributed by atoms with Crippen molar-refractivity contribution < 1.29 is 4.74 Å². The summed E-state index contributed by atoms with van der Waals surface area (Å²) in [6, 6.07) is 1.82. The minimum atomic E-state index is 0.672. The zero-order valence-corrected chi connectivity index (χ0v) is 13.0. The molecule has 0 bridgehead atoms. The van der Waals surface area contributed by atoms with Gasteiger partial charge in [0.05, 0.1) is 6.61 Å². The number of hydrogen-bond acceptors (Lipinski definition) is 6. The van der Waals surface area contributed by atoms with E-state index < -0.39 is 0 Å². The second kappa shape index (κ2) is 8.79. The van der Waals surface area contributed by atoms with E-state index in [0.717, 1.165) is 64.5 Å². The third kappa shape index (κ3) is 5.13. The Kier molecular flexibility index (Phi) is 6.69. The Morgan fingerprint density at radius 3 is 3.00 bits per heavy atom. The van der Waals surface area contributed by atoms with Crippen LogP contribution in [0.5, 0.6) is 5.88 Å². The summed E-state index contributed by atoms with van der Waals surface area (Å²) in [5, 5.41) is 0. The third-order valence-electron chi connectivity index (χ3n) is 3.62. The zero-order chi connectivity index (χ0) is 14.9. The first-order chi connectivity index (χ1) is 10.3. The van der Waals surface area contributed by atoms with Crippen LogP contribution in [0.3, 0.4) is 0 Å². The highest BCUT2D eigenvalue weighted by Gasteiger charge is 2.16. The molecular weight excluding hydrogens is 266 g/mol. The molecule has 0 spiro atoms. The van der Waals surface area contributed by atoms with Crippen molar-refractivity contribution in [1.82, 2.24) is 14.9 Å². The molecule has 1 aliphatic heterocycles. The lowest BCUT2D eigenvalue weighted by molar-refractivity contribution is 0.291. The van der Waals surface area contributed by atoms with Crippen LogP contribution < -0.4 is 15.4 Å². The molecule has 1 saturated heterocycles. The molecule has 1 aromatic heterocycles. The van der Waals surface area contributed by atoms with Gasteiger partial charge in [-0.3, -0.25) is 0 Å². The molecule has 0 saturated carbocycles. The minimum Gasteiger partial charge on any atom is -0.478 e. The van der Waals surface area contributed by atoms with Crippen molar-refractivity contribution in [2.45, 2.75) is 26.2 Å². The number of nitrogens with zero attached hydrogens (tertiary/aromatic N) is 4. The Labute approximate surface area is 127 Å². The van der Waals surface area contributed by atoms with E-state index in [1.807, 2.05) is 6.07 Å². The SMILES string of the molecule is CCCOc1ccnc(N2CCCN(CCCN)CC2)n1. The monoisotopic (exact) mass is 293 g/mol. The van der Waals surface area contributed by atoms with E-state index in [0.29, 0.717) is 12.5 Å². The summed E-state index contributed by atoms with van der Waals surface area (Å²) >= 11 is 0. The first-order valence-corrected chi connectivity index (χ1v) is 7.96. The van der Waals surface area contributed by atoms with Crippen LogP contribution in [-0.2, 0) is 0 Å². The number of aromatic nitrogens is 2. The lowest BCUT2D eigenvalue weighted by Gasteiger charge is -2.22. The standard InChI is InChI=1S/C15H27N5O/c1-2-13-21-14-5-7-17-15(18-14)20-10-4-9-19(11-12-20)8-3-6-16/h5,7H,2-4,6,8-13,16H2,1H3. The van der Waals surface area contributed by atoms with E-state index in [-0.39, 0.29) is 0 Å². The molecule has 1 aliphatic rings. The van der Waals surface area contributed by atoms with Gasteiger partial charge >= 0.3 is 0 Å².